The molecule has 0 spiro atoms. The van der Waals surface area contributed by atoms with Gasteiger partial charge in [-0.3, -0.25) is 0 Å². The van der Waals surface area contributed by atoms with Crippen molar-refractivity contribution in [2.75, 3.05) is 19.7 Å². The van der Waals surface area contributed by atoms with E-state index in [1.54, 1.807) is 0 Å². The fraction of sp³-hybridized carbons (Fsp3) is 1.00. The number of hydrogen-bond acceptors (Lipinski definition) is 7. The first kappa shape index (κ1) is 14.1. The molecule has 2 saturated heterocycles. The van der Waals surface area contributed by atoms with Crippen LogP contribution in [0, 0.1) is 0 Å². The molecule has 0 radical (unpaired) electrons. The van der Waals surface area contributed by atoms with Crippen molar-refractivity contribution < 1.29 is 25.2 Å². The average molecular weight is 262 g/mol. The number of nitrogens with one attached hydrogen (secondary N) is 1. The minimum Gasteiger partial charge on any atom is -0.394 e. The molecule has 18 heavy (non-hydrogen) atoms. The number of aliphatic hydroxyl groups excluding tert-OH is 4. The normalized spacial score (nSPS) is 43.0. The molecule has 2 aliphatic rings. The lowest BCUT2D eigenvalue weighted by atomic mass is 9.98. The minimum atomic E-state index is -1.32. The first-order chi connectivity index (χ1) is 8.63. The number of piperidine rings is 1. The Morgan fingerprint density at radius 1 is 1.00 bits per heavy atom. The fourth-order valence-corrected chi connectivity index (χ4v) is 2.41. The molecule has 0 saturated carbocycles. The summed E-state index contributed by atoms with van der Waals surface area (Å²) in [4.78, 5) is 0. The number of ether oxygens (including phenoxy) is 1. The maximum atomic E-state index is 9.85. The van der Waals surface area contributed by atoms with Crippen LogP contribution in [0.1, 0.15) is 19.3 Å². The van der Waals surface area contributed by atoms with Crippen LogP contribution in [0.4, 0.5) is 0 Å². The number of nitrogens with zero attached hydrogens (tertiary/aromatic N) is 1. The maximum Gasteiger partial charge on any atom is 0.150 e. The molecule has 2 rings (SSSR count). The zero-order valence-corrected chi connectivity index (χ0v) is 10.3. The summed E-state index contributed by atoms with van der Waals surface area (Å²) in [6.45, 7) is 1.31. The van der Waals surface area contributed by atoms with Gasteiger partial charge >= 0.3 is 0 Å². The summed E-state index contributed by atoms with van der Waals surface area (Å²) in [5, 5.41) is 40.1. The number of rotatable bonds is 3. The van der Waals surface area contributed by atoms with Crippen LogP contribution in [0.2, 0.25) is 0 Å². The number of hydrogen-bond donors (Lipinski definition) is 5. The zero-order chi connectivity index (χ0) is 13.1. The second-order valence-corrected chi connectivity index (χ2v) is 4.93. The highest BCUT2D eigenvalue weighted by Crippen LogP contribution is 2.20. The van der Waals surface area contributed by atoms with Gasteiger partial charge in [-0.1, -0.05) is 6.42 Å². The van der Waals surface area contributed by atoms with Gasteiger partial charge in [-0.05, 0) is 12.8 Å². The highest BCUT2D eigenvalue weighted by Gasteiger charge is 2.43. The minimum absolute atomic E-state index is 0.400. The van der Waals surface area contributed by atoms with Crippen LogP contribution in [0.3, 0.4) is 0 Å². The Labute approximate surface area is 106 Å². The topological polar surface area (TPSA) is 105 Å². The summed E-state index contributed by atoms with van der Waals surface area (Å²) in [6, 6.07) is 0. The van der Waals surface area contributed by atoms with Gasteiger partial charge < -0.3 is 25.2 Å². The highest BCUT2D eigenvalue weighted by molar-refractivity contribution is 4.90. The Hall–Kier alpha value is -0.280. The van der Waals surface area contributed by atoms with Crippen LogP contribution >= 0.6 is 0 Å². The van der Waals surface area contributed by atoms with Crippen LogP contribution in [0.5, 0.6) is 0 Å². The molecule has 7 nitrogen and oxygen atoms in total. The summed E-state index contributed by atoms with van der Waals surface area (Å²) in [6.07, 6.45) is -2.17. The van der Waals surface area contributed by atoms with E-state index in [2.05, 4.69) is 5.43 Å². The maximum absolute atomic E-state index is 9.85. The first-order valence-corrected chi connectivity index (χ1v) is 6.45. The van der Waals surface area contributed by atoms with E-state index in [0.29, 0.717) is 0 Å². The third-order valence-electron chi connectivity index (χ3n) is 3.56. The zero-order valence-electron chi connectivity index (χ0n) is 10.3. The molecule has 0 aromatic heterocycles. The van der Waals surface area contributed by atoms with E-state index in [1.807, 2.05) is 5.01 Å². The van der Waals surface area contributed by atoms with Crippen LogP contribution in [0.15, 0.2) is 0 Å². The Morgan fingerprint density at radius 2 is 1.67 bits per heavy atom. The van der Waals surface area contributed by atoms with E-state index >= 15 is 0 Å². The van der Waals surface area contributed by atoms with Crippen molar-refractivity contribution in [2.45, 2.75) is 49.9 Å². The van der Waals surface area contributed by atoms with E-state index in [0.717, 1.165) is 25.9 Å². The highest BCUT2D eigenvalue weighted by atomic mass is 16.6. The molecule has 0 aromatic rings. The van der Waals surface area contributed by atoms with E-state index in [-0.39, 0.29) is 0 Å². The van der Waals surface area contributed by atoms with Gasteiger partial charge in [0.1, 0.15) is 30.6 Å². The van der Waals surface area contributed by atoms with Crippen LogP contribution in [-0.2, 0) is 4.74 Å². The molecule has 5 N–H and O–H groups in total. The molecule has 2 heterocycles. The Balaban J connectivity index is 1.93. The molecule has 106 valence electrons. The van der Waals surface area contributed by atoms with Crippen LogP contribution in [-0.4, -0.2) is 75.8 Å². The number of aliphatic hydroxyl groups is 4. The van der Waals surface area contributed by atoms with Gasteiger partial charge in [0.05, 0.1) is 6.61 Å². The molecule has 0 aliphatic carbocycles. The molecular weight excluding hydrogens is 240 g/mol. The Morgan fingerprint density at radius 3 is 2.28 bits per heavy atom. The molecule has 7 heteroatoms. The summed E-state index contributed by atoms with van der Waals surface area (Å²) in [5.41, 5.74) is 3.00. The lowest BCUT2D eigenvalue weighted by Crippen LogP contribution is -2.65. The summed E-state index contributed by atoms with van der Waals surface area (Å²) in [7, 11) is 0. The van der Waals surface area contributed by atoms with Gasteiger partial charge in [0, 0.05) is 13.1 Å². The molecule has 0 amide bonds. The summed E-state index contributed by atoms with van der Waals surface area (Å²) in [5.74, 6) is 0. The van der Waals surface area contributed by atoms with Crippen LogP contribution in [0.25, 0.3) is 0 Å². The van der Waals surface area contributed by atoms with E-state index < -0.39 is 37.3 Å². The number of hydrazine groups is 1. The fourth-order valence-electron chi connectivity index (χ4n) is 2.41. The van der Waals surface area contributed by atoms with Crippen molar-refractivity contribution in [1.29, 1.82) is 0 Å². The van der Waals surface area contributed by atoms with Crippen molar-refractivity contribution in [2.24, 2.45) is 0 Å². The van der Waals surface area contributed by atoms with Crippen LogP contribution < -0.4 is 5.43 Å². The third-order valence-corrected chi connectivity index (χ3v) is 3.56. The average Bonchev–Trinajstić information content (AvgIpc) is 2.40. The molecular formula is C11H22N2O5. The van der Waals surface area contributed by atoms with Crippen molar-refractivity contribution in [3.63, 3.8) is 0 Å². The van der Waals surface area contributed by atoms with Gasteiger partial charge in [0.15, 0.2) is 0 Å². The third kappa shape index (κ3) is 3.00. The van der Waals surface area contributed by atoms with E-state index in [4.69, 9.17) is 9.84 Å². The lowest BCUT2D eigenvalue weighted by Gasteiger charge is -2.42. The molecule has 5 atom stereocenters. The quantitative estimate of drug-likeness (QED) is 0.392. The lowest BCUT2D eigenvalue weighted by molar-refractivity contribution is -0.248. The van der Waals surface area contributed by atoms with E-state index in [1.165, 1.54) is 6.42 Å². The van der Waals surface area contributed by atoms with E-state index in [9.17, 15) is 15.3 Å². The second kappa shape index (κ2) is 6.25. The Bertz CT molecular complexity index is 260. The predicted molar refractivity (Wildman–Crippen MR) is 62.3 cm³/mol. The van der Waals surface area contributed by atoms with Crippen molar-refractivity contribution in [3.8, 4) is 0 Å². The molecule has 0 aromatic carbocycles. The van der Waals surface area contributed by atoms with Gasteiger partial charge in [0.2, 0.25) is 0 Å². The van der Waals surface area contributed by atoms with Crippen molar-refractivity contribution in [3.05, 3.63) is 0 Å². The standard InChI is InChI=1S/C11H22N2O5/c14-6-7-8(15)9(16)10(17)11(18-7)12-13-4-2-1-3-5-13/h7-12,14-17H,1-6H2/t7-,8-,9+,10-,11?/m1/s1. The van der Waals surface area contributed by atoms with Gasteiger partial charge in [0.25, 0.3) is 0 Å². The molecule has 2 fully saturated rings. The summed E-state index contributed by atoms with van der Waals surface area (Å²) >= 11 is 0. The van der Waals surface area contributed by atoms with Gasteiger partial charge in [-0.25, -0.2) is 10.4 Å². The second-order valence-electron chi connectivity index (χ2n) is 4.93. The molecule has 1 unspecified atom stereocenters. The first-order valence-electron chi connectivity index (χ1n) is 6.45. The van der Waals surface area contributed by atoms with Gasteiger partial charge in [-0.15, -0.1) is 0 Å². The molecule has 2 aliphatic heterocycles. The smallest absolute Gasteiger partial charge is 0.150 e. The van der Waals surface area contributed by atoms with Crippen molar-refractivity contribution in [1.82, 2.24) is 10.4 Å². The monoisotopic (exact) mass is 262 g/mol. The summed E-state index contributed by atoms with van der Waals surface area (Å²) < 4.78 is 5.37. The Kier molecular flexibility index (Phi) is 4.91. The van der Waals surface area contributed by atoms with Crippen molar-refractivity contribution >= 4 is 0 Å². The largest absolute Gasteiger partial charge is 0.394 e. The van der Waals surface area contributed by atoms with Gasteiger partial charge in [-0.2, -0.15) is 0 Å². The molecule has 0 bridgehead atoms. The predicted octanol–water partition coefficient (Wildman–Crippen LogP) is -2.22. The SMILES string of the molecule is OC[C@H]1OC(NN2CCCCC2)[C@H](O)[C@@H](O)[C@@H]1O.